The van der Waals surface area contributed by atoms with Crippen molar-refractivity contribution in [3.05, 3.63) is 64.2 Å². The molecular weight excluding hydrogens is 298 g/mol. The van der Waals surface area contributed by atoms with E-state index >= 15 is 0 Å². The highest BCUT2D eigenvalue weighted by atomic mass is 16.6. The zero-order valence-electron chi connectivity index (χ0n) is 12.6. The molecule has 118 valence electrons. The van der Waals surface area contributed by atoms with E-state index < -0.39 is 10.8 Å². The molecule has 0 aliphatic heterocycles. The first-order valence-electron chi connectivity index (χ1n) is 6.78. The summed E-state index contributed by atoms with van der Waals surface area (Å²) in [6, 6.07) is 12.2. The molecule has 0 aliphatic carbocycles. The lowest BCUT2D eigenvalue weighted by molar-refractivity contribution is -0.384. The second kappa shape index (κ2) is 6.69. The van der Waals surface area contributed by atoms with Crippen LogP contribution in [0.1, 0.15) is 17.3 Å². The lowest BCUT2D eigenvalue weighted by Gasteiger charge is -2.16. The van der Waals surface area contributed by atoms with Gasteiger partial charge >= 0.3 is 0 Å². The van der Waals surface area contributed by atoms with E-state index in [9.17, 15) is 19.7 Å². The molecule has 1 N–H and O–H groups in total. The molecule has 0 spiro atoms. The maximum atomic E-state index is 12.2. The van der Waals surface area contributed by atoms with E-state index in [1.807, 2.05) is 0 Å². The van der Waals surface area contributed by atoms with E-state index in [4.69, 9.17) is 0 Å². The van der Waals surface area contributed by atoms with Gasteiger partial charge in [-0.1, -0.05) is 12.1 Å². The summed E-state index contributed by atoms with van der Waals surface area (Å²) in [7, 11) is 1.63. The van der Waals surface area contributed by atoms with Crippen LogP contribution in [0.2, 0.25) is 0 Å². The van der Waals surface area contributed by atoms with Crippen LogP contribution in [0, 0.1) is 10.1 Å². The van der Waals surface area contributed by atoms with Gasteiger partial charge in [0.2, 0.25) is 5.91 Å². The Kier molecular flexibility index (Phi) is 4.70. The van der Waals surface area contributed by atoms with E-state index in [1.165, 1.54) is 36.1 Å². The molecular formula is C16H15N3O4. The second-order valence-electron chi connectivity index (χ2n) is 4.89. The van der Waals surface area contributed by atoms with Gasteiger partial charge in [0.1, 0.15) is 0 Å². The number of non-ortho nitro benzene ring substituents is 1. The molecule has 0 saturated carbocycles. The molecule has 0 unspecified atom stereocenters. The van der Waals surface area contributed by atoms with Gasteiger partial charge < -0.3 is 10.2 Å². The van der Waals surface area contributed by atoms with Crippen molar-refractivity contribution in [2.24, 2.45) is 0 Å². The highest BCUT2D eigenvalue weighted by Gasteiger charge is 2.12. The number of nitrogens with zero attached hydrogens (tertiary/aromatic N) is 2. The Morgan fingerprint density at radius 2 is 1.83 bits per heavy atom. The molecule has 2 aromatic carbocycles. The first kappa shape index (κ1) is 16.2. The summed E-state index contributed by atoms with van der Waals surface area (Å²) in [4.78, 5) is 35.2. The first-order chi connectivity index (χ1) is 10.9. The van der Waals surface area contributed by atoms with Gasteiger partial charge in [-0.15, -0.1) is 0 Å². The lowest BCUT2D eigenvalue weighted by atomic mass is 10.2. The van der Waals surface area contributed by atoms with Crippen LogP contribution in [0.4, 0.5) is 17.1 Å². The summed E-state index contributed by atoms with van der Waals surface area (Å²) >= 11 is 0. The lowest BCUT2D eigenvalue weighted by Crippen LogP contribution is -2.23. The molecule has 2 rings (SSSR count). The Bertz CT molecular complexity index is 773. The molecule has 0 atom stereocenters. The molecule has 0 aromatic heterocycles. The Labute approximate surface area is 132 Å². The van der Waals surface area contributed by atoms with Crippen molar-refractivity contribution in [1.82, 2.24) is 0 Å². The third-order valence-corrected chi connectivity index (χ3v) is 3.28. The molecule has 0 saturated heterocycles. The van der Waals surface area contributed by atoms with Crippen molar-refractivity contribution in [2.45, 2.75) is 6.92 Å². The number of nitro groups is 1. The molecule has 7 nitrogen and oxygen atoms in total. The van der Waals surface area contributed by atoms with Crippen molar-refractivity contribution in [2.75, 3.05) is 17.3 Å². The minimum Gasteiger partial charge on any atom is -0.322 e. The summed E-state index contributed by atoms with van der Waals surface area (Å²) in [5, 5.41) is 13.4. The number of anilines is 2. The van der Waals surface area contributed by atoms with Crippen molar-refractivity contribution in [3.8, 4) is 0 Å². The van der Waals surface area contributed by atoms with Crippen LogP contribution in [0.5, 0.6) is 0 Å². The molecule has 0 aliphatic rings. The normalized spacial score (nSPS) is 10.0. The molecule has 7 heteroatoms. The van der Waals surface area contributed by atoms with Gasteiger partial charge in [0, 0.05) is 43.0 Å². The number of amides is 2. The van der Waals surface area contributed by atoms with Gasteiger partial charge in [-0.25, -0.2) is 0 Å². The number of carbonyl (C=O) groups is 2. The summed E-state index contributed by atoms with van der Waals surface area (Å²) in [6.07, 6.45) is 0. The predicted octanol–water partition coefficient (Wildman–Crippen LogP) is 2.83. The summed E-state index contributed by atoms with van der Waals surface area (Å²) in [5.41, 5.74) is 1.16. The Morgan fingerprint density at radius 1 is 1.13 bits per heavy atom. The maximum absolute atomic E-state index is 12.2. The van der Waals surface area contributed by atoms with Gasteiger partial charge in [0.25, 0.3) is 11.6 Å². The van der Waals surface area contributed by atoms with Crippen molar-refractivity contribution >= 4 is 28.9 Å². The number of carbonyl (C=O) groups excluding carboxylic acids is 2. The smallest absolute Gasteiger partial charge is 0.270 e. The standard InChI is InChI=1S/C16H15N3O4/c1-11(20)18(2)14-7-4-6-13(10-14)17-16(21)12-5-3-8-15(9-12)19(22)23/h3-10H,1-2H3,(H,17,21). The highest BCUT2D eigenvalue weighted by Crippen LogP contribution is 2.20. The highest BCUT2D eigenvalue weighted by molar-refractivity contribution is 6.05. The number of hydrogen-bond acceptors (Lipinski definition) is 4. The van der Waals surface area contributed by atoms with Gasteiger partial charge in [0.05, 0.1) is 4.92 Å². The minimum atomic E-state index is -0.556. The van der Waals surface area contributed by atoms with Crippen LogP contribution in [-0.4, -0.2) is 23.8 Å². The number of hydrogen-bond donors (Lipinski definition) is 1. The van der Waals surface area contributed by atoms with Crippen LogP contribution >= 0.6 is 0 Å². The zero-order chi connectivity index (χ0) is 17.0. The SMILES string of the molecule is CC(=O)N(C)c1cccc(NC(=O)c2cccc([N+](=O)[O-])c2)c1. The number of nitro benzene ring substituents is 1. The van der Waals surface area contributed by atoms with Crippen molar-refractivity contribution in [1.29, 1.82) is 0 Å². The van der Waals surface area contributed by atoms with E-state index in [1.54, 1.807) is 31.3 Å². The summed E-state index contributed by atoms with van der Waals surface area (Å²) in [6.45, 7) is 1.44. The largest absolute Gasteiger partial charge is 0.322 e. The summed E-state index contributed by atoms with van der Waals surface area (Å²) < 4.78 is 0. The van der Waals surface area contributed by atoms with E-state index in [-0.39, 0.29) is 17.2 Å². The average molecular weight is 313 g/mol. The average Bonchev–Trinajstić information content (AvgIpc) is 2.54. The van der Waals surface area contributed by atoms with Crippen LogP contribution < -0.4 is 10.2 Å². The van der Waals surface area contributed by atoms with E-state index in [0.29, 0.717) is 11.4 Å². The van der Waals surface area contributed by atoms with Crippen LogP contribution in [-0.2, 0) is 4.79 Å². The molecule has 2 amide bonds. The molecule has 0 fully saturated rings. The first-order valence-corrected chi connectivity index (χ1v) is 6.78. The van der Waals surface area contributed by atoms with Gasteiger partial charge in [-0.3, -0.25) is 19.7 Å². The Balaban J connectivity index is 2.20. The van der Waals surface area contributed by atoms with Gasteiger partial charge in [-0.2, -0.15) is 0 Å². The fourth-order valence-electron chi connectivity index (χ4n) is 1.94. The topological polar surface area (TPSA) is 92.6 Å². The predicted molar refractivity (Wildman–Crippen MR) is 86.6 cm³/mol. The monoisotopic (exact) mass is 313 g/mol. The van der Waals surface area contributed by atoms with Gasteiger partial charge in [-0.05, 0) is 24.3 Å². The molecule has 0 bridgehead atoms. The summed E-state index contributed by atoms with van der Waals surface area (Å²) in [5.74, 6) is -0.594. The van der Waals surface area contributed by atoms with Crippen LogP contribution in [0.25, 0.3) is 0 Å². The fourth-order valence-corrected chi connectivity index (χ4v) is 1.94. The third-order valence-electron chi connectivity index (χ3n) is 3.28. The minimum absolute atomic E-state index is 0.132. The number of rotatable bonds is 4. The quantitative estimate of drug-likeness (QED) is 0.694. The Morgan fingerprint density at radius 3 is 2.48 bits per heavy atom. The molecule has 0 heterocycles. The third kappa shape index (κ3) is 3.91. The van der Waals surface area contributed by atoms with Crippen molar-refractivity contribution < 1.29 is 14.5 Å². The van der Waals surface area contributed by atoms with E-state index in [2.05, 4.69) is 5.32 Å². The fraction of sp³-hybridized carbons (Fsp3) is 0.125. The zero-order valence-corrected chi connectivity index (χ0v) is 12.6. The van der Waals surface area contributed by atoms with Crippen molar-refractivity contribution in [3.63, 3.8) is 0 Å². The number of nitrogens with one attached hydrogen (secondary N) is 1. The van der Waals surface area contributed by atoms with Crippen LogP contribution in [0.15, 0.2) is 48.5 Å². The maximum Gasteiger partial charge on any atom is 0.270 e. The molecule has 23 heavy (non-hydrogen) atoms. The van der Waals surface area contributed by atoms with Crippen LogP contribution in [0.3, 0.4) is 0 Å². The van der Waals surface area contributed by atoms with Gasteiger partial charge in [0.15, 0.2) is 0 Å². The molecule has 0 radical (unpaired) electrons. The number of benzene rings is 2. The molecule has 2 aromatic rings. The van der Waals surface area contributed by atoms with E-state index in [0.717, 1.165) is 0 Å². The Hall–Kier alpha value is -3.22. The second-order valence-corrected chi connectivity index (χ2v) is 4.89.